The molecule has 0 heterocycles. The van der Waals surface area contributed by atoms with Crippen LogP contribution in [0.1, 0.15) is 32.1 Å². The summed E-state index contributed by atoms with van der Waals surface area (Å²) in [6, 6.07) is -0.531. The van der Waals surface area contributed by atoms with E-state index in [2.05, 4.69) is 0 Å². The molecule has 16 heavy (non-hydrogen) atoms. The number of rotatable bonds is 5. The maximum absolute atomic E-state index is 9.79. The summed E-state index contributed by atoms with van der Waals surface area (Å²) in [5, 5.41) is 37.3. The summed E-state index contributed by atoms with van der Waals surface area (Å²) < 4.78 is 0. The van der Waals surface area contributed by atoms with E-state index in [-0.39, 0.29) is 5.92 Å². The van der Waals surface area contributed by atoms with E-state index in [1.54, 1.807) is 0 Å². The second-order valence-corrected chi connectivity index (χ2v) is 4.71. The molecule has 0 unspecified atom stereocenters. The third kappa shape index (κ3) is 3.40. The van der Waals surface area contributed by atoms with Gasteiger partial charge < -0.3 is 26.2 Å². The van der Waals surface area contributed by atoms with Crippen LogP contribution in [0.5, 0.6) is 0 Å². The second kappa shape index (κ2) is 6.51. The molecule has 1 fully saturated rings. The van der Waals surface area contributed by atoms with Gasteiger partial charge in [-0.05, 0) is 18.8 Å². The number of hydrogen-bond donors (Lipinski definition) is 5. The molecule has 1 aliphatic carbocycles. The minimum absolute atomic E-state index is 0.198. The predicted molar refractivity (Wildman–Crippen MR) is 59.7 cm³/mol. The smallest absolute Gasteiger partial charge is 0.109 e. The van der Waals surface area contributed by atoms with Crippen molar-refractivity contribution >= 4 is 0 Å². The first-order valence-corrected chi connectivity index (χ1v) is 5.98. The first-order valence-electron chi connectivity index (χ1n) is 5.98. The molecule has 5 heteroatoms. The summed E-state index contributed by atoms with van der Waals surface area (Å²) in [5.41, 5.74) is 5.88. The van der Waals surface area contributed by atoms with Crippen LogP contribution in [0.25, 0.3) is 0 Å². The predicted octanol–water partition coefficient (Wildman–Crippen LogP) is -1.03. The van der Waals surface area contributed by atoms with Gasteiger partial charge in [0.15, 0.2) is 0 Å². The third-order valence-corrected chi connectivity index (χ3v) is 3.52. The van der Waals surface area contributed by atoms with Crippen molar-refractivity contribution in [2.75, 3.05) is 6.61 Å². The SMILES string of the molecule is N[C@H](C1CCCCC1)[C@H](O)[C@H](O)[C@@H](O)CO. The minimum Gasteiger partial charge on any atom is -0.394 e. The van der Waals surface area contributed by atoms with Gasteiger partial charge in [0.1, 0.15) is 12.2 Å². The van der Waals surface area contributed by atoms with Crippen LogP contribution < -0.4 is 5.73 Å². The fourth-order valence-corrected chi connectivity index (χ4v) is 2.36. The van der Waals surface area contributed by atoms with Crippen LogP contribution in [0.4, 0.5) is 0 Å². The van der Waals surface area contributed by atoms with Crippen molar-refractivity contribution < 1.29 is 20.4 Å². The minimum atomic E-state index is -1.37. The topological polar surface area (TPSA) is 107 Å². The molecule has 0 saturated heterocycles. The molecule has 5 nitrogen and oxygen atoms in total. The zero-order valence-corrected chi connectivity index (χ0v) is 9.50. The van der Waals surface area contributed by atoms with Crippen molar-refractivity contribution in [1.82, 2.24) is 0 Å². The monoisotopic (exact) mass is 233 g/mol. The molecule has 96 valence electrons. The number of nitrogens with two attached hydrogens (primary N) is 1. The maximum Gasteiger partial charge on any atom is 0.109 e. The Labute approximate surface area is 95.9 Å². The molecule has 1 saturated carbocycles. The standard InChI is InChI=1S/C11H23NO4/c12-9(7-4-2-1-3-5-7)11(16)10(15)8(14)6-13/h7-11,13-16H,1-6,12H2/t8-,9+,10+,11-/m0/s1. The molecule has 0 amide bonds. The van der Waals surface area contributed by atoms with Gasteiger partial charge in [0.2, 0.25) is 0 Å². The number of hydrogen-bond acceptors (Lipinski definition) is 5. The fourth-order valence-electron chi connectivity index (χ4n) is 2.36. The summed E-state index contributed by atoms with van der Waals surface area (Å²) in [4.78, 5) is 0. The van der Waals surface area contributed by atoms with Crippen molar-refractivity contribution in [3.8, 4) is 0 Å². The molecule has 4 atom stereocenters. The van der Waals surface area contributed by atoms with E-state index >= 15 is 0 Å². The third-order valence-electron chi connectivity index (χ3n) is 3.52. The summed E-state index contributed by atoms with van der Waals surface area (Å²) in [6.45, 7) is -0.574. The molecule has 0 aromatic carbocycles. The first kappa shape index (κ1) is 13.9. The molecule has 0 aliphatic heterocycles. The largest absolute Gasteiger partial charge is 0.394 e. The first-order chi connectivity index (χ1) is 7.57. The van der Waals surface area contributed by atoms with Crippen LogP contribution in [0.2, 0.25) is 0 Å². The lowest BCUT2D eigenvalue weighted by Crippen LogP contribution is -2.52. The van der Waals surface area contributed by atoms with Gasteiger partial charge in [-0.15, -0.1) is 0 Å². The zero-order valence-electron chi connectivity index (χ0n) is 9.50. The highest BCUT2D eigenvalue weighted by molar-refractivity contribution is 4.88. The van der Waals surface area contributed by atoms with Gasteiger partial charge >= 0.3 is 0 Å². The van der Waals surface area contributed by atoms with Crippen molar-refractivity contribution in [3.05, 3.63) is 0 Å². The van der Waals surface area contributed by atoms with E-state index in [9.17, 15) is 15.3 Å². The molecular formula is C11H23NO4. The molecule has 1 rings (SSSR count). The average Bonchev–Trinajstić information content (AvgIpc) is 2.36. The Bertz CT molecular complexity index is 190. The van der Waals surface area contributed by atoms with E-state index in [0.717, 1.165) is 25.7 Å². The lowest BCUT2D eigenvalue weighted by molar-refractivity contribution is -0.0900. The van der Waals surface area contributed by atoms with Crippen molar-refractivity contribution in [3.63, 3.8) is 0 Å². The summed E-state index contributed by atoms with van der Waals surface area (Å²) >= 11 is 0. The Kier molecular flexibility index (Phi) is 5.64. The summed E-state index contributed by atoms with van der Waals surface area (Å²) in [6.07, 6.45) is 1.44. The fraction of sp³-hybridized carbons (Fsp3) is 1.00. The van der Waals surface area contributed by atoms with E-state index in [0.29, 0.717) is 0 Å². The molecular weight excluding hydrogens is 210 g/mol. The van der Waals surface area contributed by atoms with Gasteiger partial charge in [-0.1, -0.05) is 19.3 Å². The van der Waals surface area contributed by atoms with Gasteiger partial charge in [0.05, 0.1) is 12.7 Å². The normalized spacial score (nSPS) is 26.1. The van der Waals surface area contributed by atoms with E-state index in [1.165, 1.54) is 6.42 Å². The molecule has 0 spiro atoms. The van der Waals surface area contributed by atoms with Crippen LogP contribution in [0, 0.1) is 5.92 Å². The Morgan fingerprint density at radius 1 is 1.00 bits per heavy atom. The molecule has 0 aromatic heterocycles. The van der Waals surface area contributed by atoms with Crippen LogP contribution in [0.15, 0.2) is 0 Å². The molecule has 0 aromatic rings. The Balaban J connectivity index is 2.47. The van der Waals surface area contributed by atoms with Crippen LogP contribution in [-0.2, 0) is 0 Å². The number of aliphatic hydroxyl groups is 4. The molecule has 1 aliphatic rings. The lowest BCUT2D eigenvalue weighted by Gasteiger charge is -2.33. The van der Waals surface area contributed by atoms with E-state index in [1.807, 2.05) is 0 Å². The Morgan fingerprint density at radius 2 is 1.56 bits per heavy atom. The van der Waals surface area contributed by atoms with Gasteiger partial charge in [-0.2, -0.15) is 0 Å². The van der Waals surface area contributed by atoms with Crippen LogP contribution in [-0.4, -0.2) is 51.4 Å². The second-order valence-electron chi connectivity index (χ2n) is 4.71. The van der Waals surface area contributed by atoms with Gasteiger partial charge in [-0.25, -0.2) is 0 Å². The highest BCUT2D eigenvalue weighted by Gasteiger charge is 2.33. The van der Waals surface area contributed by atoms with Crippen molar-refractivity contribution in [2.24, 2.45) is 11.7 Å². The average molecular weight is 233 g/mol. The van der Waals surface area contributed by atoms with Gasteiger partial charge in [-0.3, -0.25) is 0 Å². The van der Waals surface area contributed by atoms with E-state index in [4.69, 9.17) is 10.8 Å². The zero-order chi connectivity index (χ0) is 12.1. The lowest BCUT2D eigenvalue weighted by atomic mass is 9.80. The van der Waals surface area contributed by atoms with Crippen molar-refractivity contribution in [2.45, 2.75) is 56.5 Å². The molecule has 0 bridgehead atoms. The Hall–Kier alpha value is -0.200. The molecule has 6 N–H and O–H groups in total. The van der Waals surface area contributed by atoms with Crippen LogP contribution in [0.3, 0.4) is 0 Å². The summed E-state index contributed by atoms with van der Waals surface area (Å²) in [7, 11) is 0. The highest BCUT2D eigenvalue weighted by Crippen LogP contribution is 2.27. The van der Waals surface area contributed by atoms with E-state index < -0.39 is 31.0 Å². The Morgan fingerprint density at radius 3 is 2.06 bits per heavy atom. The van der Waals surface area contributed by atoms with Crippen molar-refractivity contribution in [1.29, 1.82) is 0 Å². The van der Waals surface area contributed by atoms with Gasteiger partial charge in [0.25, 0.3) is 0 Å². The number of aliphatic hydroxyl groups excluding tert-OH is 4. The molecule has 0 radical (unpaired) electrons. The highest BCUT2D eigenvalue weighted by atomic mass is 16.4. The summed E-state index contributed by atoms with van der Waals surface area (Å²) in [5.74, 6) is 0.198. The quantitative estimate of drug-likeness (QED) is 0.417. The van der Waals surface area contributed by atoms with Gasteiger partial charge in [0, 0.05) is 6.04 Å². The maximum atomic E-state index is 9.79. The van der Waals surface area contributed by atoms with Crippen LogP contribution >= 0.6 is 0 Å².